The van der Waals surface area contributed by atoms with E-state index in [0.29, 0.717) is 5.75 Å². The molecule has 0 amide bonds. The summed E-state index contributed by atoms with van der Waals surface area (Å²) in [5, 5.41) is 5.16. The van der Waals surface area contributed by atoms with E-state index in [4.69, 9.17) is 5.73 Å². The highest BCUT2D eigenvalue weighted by atomic mass is 32.2. The van der Waals surface area contributed by atoms with Gasteiger partial charge in [0.1, 0.15) is 11.6 Å². The monoisotopic (exact) mass is 283 g/mol. The first-order valence-corrected chi connectivity index (χ1v) is 6.80. The van der Waals surface area contributed by atoms with Gasteiger partial charge in [-0.3, -0.25) is 4.68 Å². The van der Waals surface area contributed by atoms with Crippen molar-refractivity contribution in [3.05, 3.63) is 47.2 Å². The van der Waals surface area contributed by atoms with Crippen molar-refractivity contribution in [1.29, 1.82) is 0 Å². The Morgan fingerprint density at radius 2 is 2.11 bits per heavy atom. The van der Waals surface area contributed by atoms with Crippen LogP contribution in [-0.4, -0.2) is 15.5 Å². The van der Waals surface area contributed by atoms with E-state index in [-0.39, 0.29) is 5.56 Å². The fraction of sp³-hybridized carbons (Fsp3) is 0.308. The second kappa shape index (κ2) is 5.71. The van der Waals surface area contributed by atoms with Gasteiger partial charge in [0.2, 0.25) is 0 Å². The van der Waals surface area contributed by atoms with Gasteiger partial charge in [0, 0.05) is 24.4 Å². The molecule has 0 fully saturated rings. The summed E-state index contributed by atoms with van der Waals surface area (Å²) in [5.41, 5.74) is 7.03. The van der Waals surface area contributed by atoms with Crippen molar-refractivity contribution in [2.24, 2.45) is 12.8 Å². The predicted octanol–water partition coefficient (Wildman–Crippen LogP) is 2.80. The number of hydrogen-bond donors (Lipinski definition) is 1. The SMILES string of the molecule is Cc1cc(SCC(N)c2cc(F)ccc2F)n(C)n1. The smallest absolute Gasteiger partial charge is 0.128 e. The van der Waals surface area contributed by atoms with Gasteiger partial charge >= 0.3 is 0 Å². The third-order valence-corrected chi connectivity index (χ3v) is 3.93. The number of aromatic nitrogens is 2. The zero-order chi connectivity index (χ0) is 14.0. The van der Waals surface area contributed by atoms with Gasteiger partial charge in [0.25, 0.3) is 0 Å². The average molecular weight is 283 g/mol. The Labute approximate surface area is 114 Å². The Morgan fingerprint density at radius 3 is 2.74 bits per heavy atom. The zero-order valence-electron chi connectivity index (χ0n) is 10.7. The van der Waals surface area contributed by atoms with Crippen LogP contribution in [0, 0.1) is 18.6 Å². The van der Waals surface area contributed by atoms with E-state index in [1.165, 1.54) is 11.8 Å². The minimum Gasteiger partial charge on any atom is -0.323 e. The molecule has 2 aromatic rings. The lowest BCUT2D eigenvalue weighted by Crippen LogP contribution is -2.15. The van der Waals surface area contributed by atoms with Crippen LogP contribution in [0.15, 0.2) is 29.3 Å². The second-order valence-electron chi connectivity index (χ2n) is 4.33. The number of nitrogens with two attached hydrogens (primary N) is 1. The topological polar surface area (TPSA) is 43.8 Å². The average Bonchev–Trinajstić information content (AvgIpc) is 2.68. The first kappa shape index (κ1) is 14.0. The first-order valence-electron chi connectivity index (χ1n) is 5.81. The van der Waals surface area contributed by atoms with Crippen LogP contribution in [0.3, 0.4) is 0 Å². The van der Waals surface area contributed by atoms with Crippen LogP contribution in [0.4, 0.5) is 8.78 Å². The minimum atomic E-state index is -0.559. The van der Waals surface area contributed by atoms with E-state index in [0.717, 1.165) is 28.9 Å². The summed E-state index contributed by atoms with van der Waals surface area (Å²) < 4.78 is 28.4. The Balaban J connectivity index is 2.07. The number of benzene rings is 1. The summed E-state index contributed by atoms with van der Waals surface area (Å²) >= 11 is 1.47. The van der Waals surface area contributed by atoms with E-state index in [1.807, 2.05) is 20.0 Å². The van der Waals surface area contributed by atoms with Crippen molar-refractivity contribution in [1.82, 2.24) is 9.78 Å². The largest absolute Gasteiger partial charge is 0.323 e. The molecule has 0 aliphatic carbocycles. The molecule has 1 heterocycles. The number of nitrogens with zero attached hydrogens (tertiary/aromatic N) is 2. The van der Waals surface area contributed by atoms with Crippen LogP contribution in [0.5, 0.6) is 0 Å². The van der Waals surface area contributed by atoms with Crippen LogP contribution >= 0.6 is 11.8 Å². The van der Waals surface area contributed by atoms with Crippen LogP contribution in [0.2, 0.25) is 0 Å². The summed E-state index contributed by atoms with van der Waals surface area (Å²) in [6.45, 7) is 1.90. The molecule has 0 aliphatic heterocycles. The molecule has 19 heavy (non-hydrogen) atoms. The minimum absolute atomic E-state index is 0.200. The second-order valence-corrected chi connectivity index (χ2v) is 5.37. The number of rotatable bonds is 4. The van der Waals surface area contributed by atoms with Crippen molar-refractivity contribution in [2.45, 2.75) is 18.0 Å². The van der Waals surface area contributed by atoms with Crippen molar-refractivity contribution in [3.63, 3.8) is 0 Å². The number of aryl methyl sites for hydroxylation is 2. The summed E-state index contributed by atoms with van der Waals surface area (Å²) in [6, 6.07) is 4.71. The molecular weight excluding hydrogens is 268 g/mol. The molecular formula is C13H15F2N3S. The highest BCUT2D eigenvalue weighted by molar-refractivity contribution is 7.99. The standard InChI is InChI=1S/C13H15F2N3S/c1-8-5-13(18(2)17-8)19-7-12(16)10-6-9(14)3-4-11(10)15/h3-6,12H,7,16H2,1-2H3. The van der Waals surface area contributed by atoms with Gasteiger partial charge in [-0.25, -0.2) is 8.78 Å². The van der Waals surface area contributed by atoms with E-state index < -0.39 is 17.7 Å². The highest BCUT2D eigenvalue weighted by Gasteiger charge is 2.14. The lowest BCUT2D eigenvalue weighted by Gasteiger charge is -2.12. The van der Waals surface area contributed by atoms with Gasteiger partial charge in [-0.2, -0.15) is 5.10 Å². The predicted molar refractivity (Wildman–Crippen MR) is 72.0 cm³/mol. The summed E-state index contributed by atoms with van der Waals surface area (Å²) in [7, 11) is 1.84. The van der Waals surface area contributed by atoms with E-state index >= 15 is 0 Å². The highest BCUT2D eigenvalue weighted by Crippen LogP contribution is 2.25. The van der Waals surface area contributed by atoms with Crippen molar-refractivity contribution < 1.29 is 8.78 Å². The maximum atomic E-state index is 13.6. The molecule has 0 radical (unpaired) electrons. The van der Waals surface area contributed by atoms with Crippen molar-refractivity contribution in [3.8, 4) is 0 Å². The molecule has 1 unspecified atom stereocenters. The zero-order valence-corrected chi connectivity index (χ0v) is 11.5. The molecule has 1 aromatic carbocycles. The lowest BCUT2D eigenvalue weighted by atomic mass is 10.1. The number of hydrogen-bond acceptors (Lipinski definition) is 3. The first-order chi connectivity index (χ1) is 8.97. The fourth-order valence-corrected chi connectivity index (χ4v) is 2.80. The van der Waals surface area contributed by atoms with Crippen LogP contribution < -0.4 is 5.73 Å². The molecule has 0 spiro atoms. The molecule has 1 aromatic heterocycles. The van der Waals surface area contributed by atoms with Gasteiger partial charge in [-0.15, -0.1) is 11.8 Å². The van der Waals surface area contributed by atoms with E-state index in [1.54, 1.807) is 4.68 Å². The lowest BCUT2D eigenvalue weighted by molar-refractivity contribution is 0.573. The van der Waals surface area contributed by atoms with E-state index in [2.05, 4.69) is 5.10 Å². The molecule has 2 N–H and O–H groups in total. The van der Waals surface area contributed by atoms with Crippen LogP contribution in [0.25, 0.3) is 0 Å². The molecule has 0 saturated heterocycles. The Bertz CT molecular complexity index is 583. The fourth-order valence-electron chi connectivity index (χ4n) is 1.79. The normalized spacial score (nSPS) is 12.7. The molecule has 3 nitrogen and oxygen atoms in total. The maximum absolute atomic E-state index is 13.6. The molecule has 6 heteroatoms. The van der Waals surface area contributed by atoms with Gasteiger partial charge in [0.15, 0.2) is 0 Å². The van der Waals surface area contributed by atoms with Gasteiger partial charge in [-0.1, -0.05) is 0 Å². The molecule has 0 saturated carbocycles. The van der Waals surface area contributed by atoms with Gasteiger partial charge in [-0.05, 0) is 31.2 Å². The molecule has 0 aliphatic rings. The van der Waals surface area contributed by atoms with E-state index in [9.17, 15) is 8.78 Å². The molecule has 0 bridgehead atoms. The van der Waals surface area contributed by atoms with Crippen LogP contribution in [0.1, 0.15) is 17.3 Å². The number of thioether (sulfide) groups is 1. The third kappa shape index (κ3) is 3.33. The molecule has 1 atom stereocenters. The Morgan fingerprint density at radius 1 is 1.37 bits per heavy atom. The Hall–Kier alpha value is -1.40. The van der Waals surface area contributed by atoms with Crippen molar-refractivity contribution in [2.75, 3.05) is 5.75 Å². The maximum Gasteiger partial charge on any atom is 0.128 e. The van der Waals surface area contributed by atoms with Gasteiger partial charge < -0.3 is 5.73 Å². The summed E-state index contributed by atoms with van der Waals surface area (Å²) in [5.74, 6) is -0.497. The third-order valence-electron chi connectivity index (χ3n) is 2.73. The summed E-state index contributed by atoms with van der Waals surface area (Å²) in [6.07, 6.45) is 0. The number of halogens is 2. The summed E-state index contributed by atoms with van der Waals surface area (Å²) in [4.78, 5) is 0. The van der Waals surface area contributed by atoms with Crippen molar-refractivity contribution >= 4 is 11.8 Å². The van der Waals surface area contributed by atoms with Gasteiger partial charge in [0.05, 0.1) is 10.7 Å². The quantitative estimate of drug-likeness (QED) is 0.878. The molecule has 2 rings (SSSR count). The van der Waals surface area contributed by atoms with Crippen LogP contribution in [-0.2, 0) is 7.05 Å². The Kier molecular flexibility index (Phi) is 4.21. The molecule has 102 valence electrons.